The lowest BCUT2D eigenvalue weighted by molar-refractivity contribution is -0.136. The first kappa shape index (κ1) is 21.8. The molecule has 1 atom stereocenters. The van der Waals surface area contributed by atoms with E-state index in [9.17, 15) is 9.59 Å². The van der Waals surface area contributed by atoms with E-state index in [4.69, 9.17) is 0 Å². The van der Waals surface area contributed by atoms with E-state index in [1.807, 2.05) is 65.2 Å². The van der Waals surface area contributed by atoms with Crippen LogP contribution in [0.2, 0.25) is 0 Å². The number of hydrogen-bond donors (Lipinski definition) is 0. The molecular weight excluding hydrogens is 408 g/mol. The number of likely N-dealkylation sites (tertiary alicyclic amines) is 1. The van der Waals surface area contributed by atoms with Gasteiger partial charge in [0, 0.05) is 37.6 Å². The van der Waals surface area contributed by atoms with Crippen molar-refractivity contribution in [1.29, 1.82) is 0 Å². The Kier molecular flexibility index (Phi) is 6.62. The molecular formula is C24H30N4O2S. The summed E-state index contributed by atoms with van der Waals surface area (Å²) in [5.41, 5.74) is 1.00. The maximum Gasteiger partial charge on any atom is 0.328 e. The van der Waals surface area contributed by atoms with E-state index in [2.05, 4.69) is 23.1 Å². The Morgan fingerprint density at radius 1 is 1.03 bits per heavy atom. The number of thioether (sulfide) groups is 1. The van der Waals surface area contributed by atoms with E-state index in [0.29, 0.717) is 25.4 Å². The van der Waals surface area contributed by atoms with Gasteiger partial charge in [-0.2, -0.15) is 11.8 Å². The Morgan fingerprint density at radius 3 is 2.39 bits per heavy atom. The van der Waals surface area contributed by atoms with Crippen molar-refractivity contribution < 1.29 is 9.59 Å². The number of benzene rings is 1. The maximum atomic E-state index is 13.7. The molecule has 3 amide bonds. The van der Waals surface area contributed by atoms with Gasteiger partial charge in [0.05, 0.1) is 12.2 Å². The second kappa shape index (κ2) is 9.40. The van der Waals surface area contributed by atoms with Crippen LogP contribution in [0.4, 0.5) is 4.79 Å². The smallest absolute Gasteiger partial charge is 0.305 e. The number of nitrogens with zero attached hydrogens (tertiary/aromatic N) is 4. The van der Waals surface area contributed by atoms with Crippen LogP contribution < -0.4 is 0 Å². The number of amides is 3. The molecule has 2 aliphatic rings. The average molecular weight is 439 g/mol. The van der Waals surface area contributed by atoms with Crippen molar-refractivity contribution in [2.75, 3.05) is 25.1 Å². The normalized spacial score (nSPS) is 19.9. The molecule has 164 valence electrons. The predicted molar refractivity (Wildman–Crippen MR) is 124 cm³/mol. The van der Waals surface area contributed by atoms with Gasteiger partial charge in [0.25, 0.3) is 5.91 Å². The predicted octanol–water partition coefficient (Wildman–Crippen LogP) is 3.63. The Balaban J connectivity index is 1.60. The number of carbonyl (C=O) groups excluding carboxylic acids is 2. The van der Waals surface area contributed by atoms with Crippen molar-refractivity contribution >= 4 is 23.7 Å². The fourth-order valence-electron chi connectivity index (χ4n) is 4.73. The molecule has 0 radical (unpaired) electrons. The molecule has 31 heavy (non-hydrogen) atoms. The average Bonchev–Trinajstić information content (AvgIpc) is 2.98. The number of imide groups is 1. The van der Waals surface area contributed by atoms with Crippen LogP contribution in [0.25, 0.3) is 0 Å². The zero-order valence-electron chi connectivity index (χ0n) is 18.2. The Morgan fingerprint density at radius 2 is 1.74 bits per heavy atom. The molecule has 4 rings (SSSR count). The van der Waals surface area contributed by atoms with Gasteiger partial charge < -0.3 is 4.90 Å². The van der Waals surface area contributed by atoms with E-state index in [-0.39, 0.29) is 18.5 Å². The first-order valence-electron chi connectivity index (χ1n) is 10.9. The van der Waals surface area contributed by atoms with Crippen LogP contribution in [0.3, 0.4) is 0 Å². The van der Waals surface area contributed by atoms with Gasteiger partial charge in [-0.15, -0.1) is 0 Å². The SMILES string of the molecule is CSCC(C)N1CCC2(CC1)C(=O)N(Cc1ccccn1)C(=O)N2Cc1ccccc1. The molecule has 0 bridgehead atoms. The summed E-state index contributed by atoms with van der Waals surface area (Å²) in [5, 5.41) is 0. The minimum Gasteiger partial charge on any atom is -0.305 e. The van der Waals surface area contributed by atoms with E-state index in [1.165, 1.54) is 4.90 Å². The molecule has 2 fully saturated rings. The summed E-state index contributed by atoms with van der Waals surface area (Å²) in [6, 6.07) is 15.8. The van der Waals surface area contributed by atoms with E-state index >= 15 is 0 Å². The summed E-state index contributed by atoms with van der Waals surface area (Å²) < 4.78 is 0. The Bertz CT molecular complexity index is 900. The molecule has 2 saturated heterocycles. The number of urea groups is 1. The van der Waals surface area contributed by atoms with Gasteiger partial charge >= 0.3 is 6.03 Å². The van der Waals surface area contributed by atoms with Gasteiger partial charge in [-0.3, -0.25) is 19.6 Å². The zero-order chi connectivity index (χ0) is 21.8. The summed E-state index contributed by atoms with van der Waals surface area (Å²) in [4.78, 5) is 37.2. The monoisotopic (exact) mass is 438 g/mol. The zero-order valence-corrected chi connectivity index (χ0v) is 19.1. The lowest BCUT2D eigenvalue weighted by Gasteiger charge is -2.44. The number of hydrogen-bond acceptors (Lipinski definition) is 5. The molecule has 1 unspecified atom stereocenters. The second-order valence-corrected chi connectivity index (χ2v) is 9.35. The molecule has 2 aliphatic heterocycles. The highest BCUT2D eigenvalue weighted by molar-refractivity contribution is 7.98. The van der Waals surface area contributed by atoms with Crippen LogP contribution in [0.5, 0.6) is 0 Å². The van der Waals surface area contributed by atoms with Crippen LogP contribution in [0.1, 0.15) is 31.0 Å². The minimum absolute atomic E-state index is 0.0729. The van der Waals surface area contributed by atoms with Crippen molar-refractivity contribution in [3.05, 3.63) is 66.0 Å². The Labute approximate surface area is 188 Å². The molecule has 0 aliphatic carbocycles. The second-order valence-electron chi connectivity index (χ2n) is 8.44. The summed E-state index contributed by atoms with van der Waals surface area (Å²) in [6.45, 7) is 4.56. The number of carbonyl (C=O) groups is 2. The topological polar surface area (TPSA) is 56.8 Å². The van der Waals surface area contributed by atoms with Crippen molar-refractivity contribution in [3.63, 3.8) is 0 Å². The fourth-order valence-corrected chi connectivity index (χ4v) is 5.42. The molecule has 0 N–H and O–H groups in total. The quantitative estimate of drug-likeness (QED) is 0.618. The third kappa shape index (κ3) is 4.34. The number of pyridine rings is 1. The summed E-state index contributed by atoms with van der Waals surface area (Å²) in [5.74, 6) is 0.996. The summed E-state index contributed by atoms with van der Waals surface area (Å²) >= 11 is 1.84. The van der Waals surface area contributed by atoms with Crippen LogP contribution in [0, 0.1) is 0 Å². The number of rotatable bonds is 7. The number of piperidine rings is 1. The van der Waals surface area contributed by atoms with Crippen LogP contribution in [0.15, 0.2) is 54.7 Å². The van der Waals surface area contributed by atoms with Gasteiger partial charge in [0.1, 0.15) is 5.54 Å². The van der Waals surface area contributed by atoms with E-state index in [1.54, 1.807) is 6.20 Å². The molecule has 1 aromatic carbocycles. The molecule has 1 spiro atoms. The van der Waals surface area contributed by atoms with Gasteiger partial charge in [-0.25, -0.2) is 4.79 Å². The van der Waals surface area contributed by atoms with Crippen LogP contribution in [-0.4, -0.2) is 68.3 Å². The third-order valence-electron chi connectivity index (χ3n) is 6.51. The summed E-state index contributed by atoms with van der Waals surface area (Å²) in [7, 11) is 0. The lowest BCUT2D eigenvalue weighted by Crippen LogP contribution is -2.57. The maximum absolute atomic E-state index is 13.7. The van der Waals surface area contributed by atoms with Gasteiger partial charge in [-0.1, -0.05) is 36.4 Å². The molecule has 1 aromatic heterocycles. The Hall–Kier alpha value is -2.38. The molecule has 0 saturated carbocycles. The molecule has 6 nitrogen and oxygen atoms in total. The van der Waals surface area contributed by atoms with E-state index in [0.717, 1.165) is 30.1 Å². The largest absolute Gasteiger partial charge is 0.328 e. The highest BCUT2D eigenvalue weighted by Gasteiger charge is 2.58. The lowest BCUT2D eigenvalue weighted by atomic mass is 9.85. The summed E-state index contributed by atoms with van der Waals surface area (Å²) in [6.07, 6.45) is 5.16. The standard InChI is InChI=1S/C24H30N4O2S/c1-19(18-31-2)26-14-11-24(12-15-26)22(29)27(17-21-10-6-7-13-25-21)23(30)28(24)16-20-8-4-3-5-9-20/h3-10,13,19H,11-12,14-18H2,1-2H3. The van der Waals surface area contributed by atoms with Crippen molar-refractivity contribution in [1.82, 2.24) is 19.7 Å². The van der Waals surface area contributed by atoms with Crippen LogP contribution in [-0.2, 0) is 17.9 Å². The van der Waals surface area contributed by atoms with Crippen molar-refractivity contribution in [2.24, 2.45) is 0 Å². The van der Waals surface area contributed by atoms with Gasteiger partial charge in [0.15, 0.2) is 0 Å². The fraction of sp³-hybridized carbons (Fsp3) is 0.458. The van der Waals surface area contributed by atoms with Crippen LogP contribution >= 0.6 is 11.8 Å². The van der Waals surface area contributed by atoms with E-state index < -0.39 is 5.54 Å². The van der Waals surface area contributed by atoms with Crippen molar-refractivity contribution in [3.8, 4) is 0 Å². The van der Waals surface area contributed by atoms with Gasteiger partial charge in [0.2, 0.25) is 0 Å². The number of aromatic nitrogens is 1. The first-order chi connectivity index (χ1) is 15.0. The van der Waals surface area contributed by atoms with Crippen molar-refractivity contribution in [2.45, 2.75) is 44.4 Å². The molecule has 7 heteroatoms. The third-order valence-corrected chi connectivity index (χ3v) is 7.32. The molecule has 2 aromatic rings. The van der Waals surface area contributed by atoms with Gasteiger partial charge in [-0.05, 0) is 43.7 Å². The molecule has 3 heterocycles. The highest BCUT2D eigenvalue weighted by atomic mass is 32.2. The minimum atomic E-state index is -0.767. The first-order valence-corrected chi connectivity index (χ1v) is 12.2. The highest BCUT2D eigenvalue weighted by Crippen LogP contribution is 2.39.